The van der Waals surface area contributed by atoms with Gasteiger partial charge in [-0.05, 0) is 40.5 Å². The third kappa shape index (κ3) is 3.34. The number of nitrogens with one attached hydrogen (secondary N) is 1. The Kier molecular flexibility index (Phi) is 4.46. The van der Waals surface area contributed by atoms with E-state index in [0.29, 0.717) is 0 Å². The molecule has 0 atom stereocenters. The predicted octanol–water partition coefficient (Wildman–Crippen LogP) is 4.27. The molecule has 0 unspecified atom stereocenters. The van der Waals surface area contributed by atoms with E-state index in [9.17, 15) is 4.79 Å². The van der Waals surface area contributed by atoms with E-state index in [4.69, 9.17) is 10.5 Å². The van der Waals surface area contributed by atoms with E-state index in [-0.39, 0.29) is 5.56 Å². The maximum Gasteiger partial charge on any atom is 0.335 e. The molecular formula is C18H15NO2. The van der Waals surface area contributed by atoms with Gasteiger partial charge in [-0.1, -0.05) is 49.1 Å². The van der Waals surface area contributed by atoms with Gasteiger partial charge in [-0.15, -0.1) is 0 Å². The Balaban J connectivity index is 2.30. The van der Waals surface area contributed by atoms with E-state index in [2.05, 4.69) is 6.58 Å². The topological polar surface area (TPSA) is 61.2 Å². The van der Waals surface area contributed by atoms with E-state index in [1.165, 1.54) is 6.21 Å². The summed E-state index contributed by atoms with van der Waals surface area (Å²) in [6.07, 6.45) is 4.63. The molecule has 0 aromatic heterocycles. The van der Waals surface area contributed by atoms with Gasteiger partial charge in [0.2, 0.25) is 0 Å². The number of carbonyl (C=O) groups is 1. The first kappa shape index (κ1) is 14.5. The minimum atomic E-state index is -0.927. The van der Waals surface area contributed by atoms with Crippen LogP contribution in [-0.2, 0) is 0 Å². The van der Waals surface area contributed by atoms with Crippen LogP contribution in [0.5, 0.6) is 0 Å². The SMILES string of the molecule is C=C/C(=C\C=N)c1ccc(-c2ccc(C(=O)O)cc2)cc1. The number of rotatable bonds is 5. The van der Waals surface area contributed by atoms with Crippen LogP contribution in [0.15, 0.2) is 67.3 Å². The summed E-state index contributed by atoms with van der Waals surface area (Å²) in [5.41, 5.74) is 4.12. The van der Waals surface area contributed by atoms with Gasteiger partial charge in [-0.25, -0.2) is 4.79 Å². The third-order valence-corrected chi connectivity index (χ3v) is 3.17. The van der Waals surface area contributed by atoms with Crippen LogP contribution in [0.25, 0.3) is 16.7 Å². The molecule has 0 fully saturated rings. The molecule has 2 rings (SSSR count). The van der Waals surface area contributed by atoms with Crippen LogP contribution in [0.2, 0.25) is 0 Å². The summed E-state index contributed by atoms with van der Waals surface area (Å²) in [6.45, 7) is 3.74. The van der Waals surface area contributed by atoms with Gasteiger partial charge in [0, 0.05) is 6.21 Å². The van der Waals surface area contributed by atoms with Gasteiger partial charge < -0.3 is 10.5 Å². The van der Waals surface area contributed by atoms with Crippen molar-refractivity contribution in [3.8, 4) is 11.1 Å². The van der Waals surface area contributed by atoms with Gasteiger partial charge in [0.15, 0.2) is 0 Å². The second-order valence-electron chi connectivity index (χ2n) is 4.45. The number of benzene rings is 2. The monoisotopic (exact) mass is 277 g/mol. The van der Waals surface area contributed by atoms with Crippen LogP contribution < -0.4 is 0 Å². The molecule has 2 aromatic rings. The highest BCUT2D eigenvalue weighted by Crippen LogP contribution is 2.23. The molecule has 0 spiro atoms. The van der Waals surface area contributed by atoms with Crippen molar-refractivity contribution in [1.82, 2.24) is 0 Å². The Labute approximate surface area is 123 Å². The summed E-state index contributed by atoms with van der Waals surface area (Å²) in [4.78, 5) is 10.8. The normalized spacial score (nSPS) is 11.0. The maximum absolute atomic E-state index is 10.8. The van der Waals surface area contributed by atoms with Crippen LogP contribution in [0.1, 0.15) is 15.9 Å². The van der Waals surface area contributed by atoms with Gasteiger partial charge >= 0.3 is 5.97 Å². The van der Waals surface area contributed by atoms with Crippen LogP contribution in [-0.4, -0.2) is 17.3 Å². The lowest BCUT2D eigenvalue weighted by Crippen LogP contribution is -1.94. The van der Waals surface area contributed by atoms with Gasteiger partial charge in [-0.3, -0.25) is 0 Å². The second kappa shape index (κ2) is 6.48. The minimum Gasteiger partial charge on any atom is -0.478 e. The predicted molar refractivity (Wildman–Crippen MR) is 85.8 cm³/mol. The summed E-state index contributed by atoms with van der Waals surface area (Å²) >= 11 is 0. The van der Waals surface area contributed by atoms with Gasteiger partial charge in [0.1, 0.15) is 0 Å². The molecule has 0 saturated heterocycles. The molecule has 2 N–H and O–H groups in total. The average molecular weight is 277 g/mol. The van der Waals surface area contributed by atoms with E-state index < -0.39 is 5.97 Å². The summed E-state index contributed by atoms with van der Waals surface area (Å²) in [5, 5.41) is 16.0. The highest BCUT2D eigenvalue weighted by molar-refractivity contribution is 5.89. The fourth-order valence-corrected chi connectivity index (χ4v) is 2.03. The van der Waals surface area contributed by atoms with Crippen molar-refractivity contribution in [2.45, 2.75) is 0 Å². The summed E-state index contributed by atoms with van der Waals surface area (Å²) in [5.74, 6) is -0.927. The van der Waals surface area contributed by atoms with Crippen LogP contribution >= 0.6 is 0 Å². The molecular weight excluding hydrogens is 262 g/mol. The molecule has 104 valence electrons. The number of hydrogen-bond donors (Lipinski definition) is 2. The fourth-order valence-electron chi connectivity index (χ4n) is 2.03. The molecule has 2 aromatic carbocycles. The van der Waals surface area contributed by atoms with Crippen molar-refractivity contribution < 1.29 is 9.90 Å². The van der Waals surface area contributed by atoms with Crippen molar-refractivity contribution >= 4 is 17.8 Å². The third-order valence-electron chi connectivity index (χ3n) is 3.17. The Morgan fingerprint density at radius 1 is 0.952 bits per heavy atom. The Hall–Kier alpha value is -2.94. The smallest absolute Gasteiger partial charge is 0.335 e. The van der Waals surface area contributed by atoms with E-state index >= 15 is 0 Å². The number of allylic oxidation sites excluding steroid dienone is 3. The van der Waals surface area contributed by atoms with Crippen molar-refractivity contribution in [3.05, 3.63) is 78.4 Å². The highest BCUT2D eigenvalue weighted by Gasteiger charge is 2.04. The Bertz CT molecular complexity index is 695. The van der Waals surface area contributed by atoms with Crippen molar-refractivity contribution in [3.63, 3.8) is 0 Å². The van der Waals surface area contributed by atoms with E-state index in [1.54, 1.807) is 36.4 Å². The second-order valence-corrected chi connectivity index (χ2v) is 4.45. The van der Waals surface area contributed by atoms with Crippen molar-refractivity contribution in [2.75, 3.05) is 0 Å². The van der Waals surface area contributed by atoms with Gasteiger partial charge in [0.05, 0.1) is 5.56 Å². The fraction of sp³-hybridized carbons (Fsp3) is 0. The molecule has 0 bridgehead atoms. The first-order valence-corrected chi connectivity index (χ1v) is 6.43. The van der Waals surface area contributed by atoms with Crippen molar-refractivity contribution in [2.24, 2.45) is 0 Å². The van der Waals surface area contributed by atoms with E-state index in [1.807, 2.05) is 24.3 Å². The highest BCUT2D eigenvalue weighted by atomic mass is 16.4. The quantitative estimate of drug-likeness (QED) is 0.633. The molecule has 0 radical (unpaired) electrons. The number of aromatic carboxylic acids is 1. The summed E-state index contributed by atoms with van der Waals surface area (Å²) < 4.78 is 0. The zero-order chi connectivity index (χ0) is 15.2. The van der Waals surface area contributed by atoms with Crippen LogP contribution in [0, 0.1) is 5.41 Å². The maximum atomic E-state index is 10.8. The molecule has 0 saturated carbocycles. The molecule has 0 heterocycles. The standard InChI is InChI=1S/C18H15NO2/c1-2-13(11-12-19)14-3-5-15(6-4-14)16-7-9-17(10-8-16)18(20)21/h2-12,19H,1H2,(H,20,21)/b13-11+,19-12?. The zero-order valence-electron chi connectivity index (χ0n) is 11.4. The molecule has 0 aliphatic rings. The first-order chi connectivity index (χ1) is 10.2. The number of carboxylic acids is 1. The largest absolute Gasteiger partial charge is 0.478 e. The molecule has 0 aliphatic heterocycles. The van der Waals surface area contributed by atoms with Crippen LogP contribution in [0.3, 0.4) is 0 Å². The Morgan fingerprint density at radius 2 is 1.43 bits per heavy atom. The van der Waals surface area contributed by atoms with Crippen molar-refractivity contribution in [1.29, 1.82) is 5.41 Å². The molecule has 0 aliphatic carbocycles. The lowest BCUT2D eigenvalue weighted by Gasteiger charge is -2.05. The first-order valence-electron chi connectivity index (χ1n) is 6.43. The lowest BCUT2D eigenvalue weighted by molar-refractivity contribution is 0.0697. The van der Waals surface area contributed by atoms with Gasteiger partial charge in [-0.2, -0.15) is 0 Å². The average Bonchev–Trinajstić information content (AvgIpc) is 2.53. The molecule has 3 nitrogen and oxygen atoms in total. The van der Waals surface area contributed by atoms with Crippen LogP contribution in [0.4, 0.5) is 0 Å². The number of carboxylic acid groups (broad SMARTS) is 1. The molecule has 21 heavy (non-hydrogen) atoms. The summed E-state index contributed by atoms with van der Waals surface area (Å²) in [6, 6.07) is 14.6. The minimum absolute atomic E-state index is 0.276. The summed E-state index contributed by atoms with van der Waals surface area (Å²) in [7, 11) is 0. The van der Waals surface area contributed by atoms with E-state index in [0.717, 1.165) is 22.3 Å². The molecule has 3 heteroatoms. The zero-order valence-corrected chi connectivity index (χ0v) is 11.4. The Morgan fingerprint density at radius 3 is 1.81 bits per heavy atom. The van der Waals surface area contributed by atoms with Gasteiger partial charge in [0.25, 0.3) is 0 Å². The number of hydrogen-bond acceptors (Lipinski definition) is 2. The molecule has 0 amide bonds. The lowest BCUT2D eigenvalue weighted by atomic mass is 9.99.